The van der Waals surface area contributed by atoms with Crippen LogP contribution in [-0.2, 0) is 18.4 Å². The van der Waals surface area contributed by atoms with Crippen molar-refractivity contribution >= 4 is 45.6 Å². The van der Waals surface area contributed by atoms with E-state index in [-0.39, 0.29) is 12.2 Å². The number of aryl methyl sites for hydroxylation is 1. The number of nitro groups is 1. The van der Waals surface area contributed by atoms with Crippen LogP contribution in [0.25, 0.3) is 17.0 Å². The largest absolute Gasteiger partial charge is 0.350 e. The van der Waals surface area contributed by atoms with Gasteiger partial charge in [-0.1, -0.05) is 36.4 Å². The third-order valence-electron chi connectivity index (χ3n) is 4.60. The van der Waals surface area contributed by atoms with Gasteiger partial charge in [-0.25, -0.2) is 0 Å². The summed E-state index contributed by atoms with van der Waals surface area (Å²) in [4.78, 5) is 37.2. The maximum Gasteiger partial charge on any atom is 0.293 e. The summed E-state index contributed by atoms with van der Waals surface area (Å²) in [6, 6.07) is 13.9. The van der Waals surface area contributed by atoms with Crippen molar-refractivity contribution < 1.29 is 14.5 Å². The summed E-state index contributed by atoms with van der Waals surface area (Å²) in [5.74, 6) is -0.443. The Morgan fingerprint density at radius 3 is 2.61 bits per heavy atom. The molecule has 1 fully saturated rings. The van der Waals surface area contributed by atoms with E-state index in [1.807, 2.05) is 42.1 Å². The summed E-state index contributed by atoms with van der Waals surface area (Å²) in [5, 5.41) is 11.7. The Labute approximate surface area is 164 Å². The monoisotopic (exact) mass is 393 g/mol. The van der Waals surface area contributed by atoms with Gasteiger partial charge in [-0.05, 0) is 23.9 Å². The van der Waals surface area contributed by atoms with E-state index in [9.17, 15) is 19.7 Å². The highest BCUT2D eigenvalue weighted by Crippen LogP contribution is 2.35. The van der Waals surface area contributed by atoms with Gasteiger partial charge in [0.05, 0.1) is 16.4 Å². The number of rotatable bonds is 4. The van der Waals surface area contributed by atoms with E-state index in [4.69, 9.17) is 0 Å². The van der Waals surface area contributed by atoms with Crippen LogP contribution in [-0.4, -0.2) is 25.5 Å². The quantitative estimate of drug-likeness (QED) is 0.374. The topological polar surface area (TPSA) is 85.4 Å². The number of para-hydroxylation sites is 2. The average Bonchev–Trinajstić information content (AvgIpc) is 3.14. The number of amides is 2. The van der Waals surface area contributed by atoms with Gasteiger partial charge in [0.1, 0.15) is 0 Å². The number of aromatic nitrogens is 1. The number of carbonyl (C=O) groups excluding carboxylic acids is 2. The molecular formula is C20H15N3O4S. The summed E-state index contributed by atoms with van der Waals surface area (Å²) in [5.41, 5.74) is 2.07. The first-order valence-electron chi connectivity index (χ1n) is 8.47. The fourth-order valence-corrected chi connectivity index (χ4v) is 4.09. The molecule has 8 heteroatoms. The Balaban J connectivity index is 1.66. The molecule has 0 bridgehead atoms. The minimum Gasteiger partial charge on any atom is -0.350 e. The normalized spacial score (nSPS) is 15.8. The lowest BCUT2D eigenvalue weighted by atomic mass is 10.1. The van der Waals surface area contributed by atoms with Crippen LogP contribution >= 0.6 is 11.8 Å². The average molecular weight is 393 g/mol. The molecule has 0 radical (unpaired) electrons. The zero-order valence-electron chi connectivity index (χ0n) is 14.9. The second-order valence-corrected chi connectivity index (χ2v) is 7.36. The van der Waals surface area contributed by atoms with Crippen molar-refractivity contribution in [2.45, 2.75) is 6.54 Å². The van der Waals surface area contributed by atoms with Crippen LogP contribution in [0.2, 0.25) is 0 Å². The maximum absolute atomic E-state index is 12.8. The Kier molecular flexibility index (Phi) is 4.48. The number of thioether (sulfide) groups is 1. The van der Waals surface area contributed by atoms with E-state index in [1.165, 1.54) is 6.07 Å². The second-order valence-electron chi connectivity index (χ2n) is 6.37. The lowest BCUT2D eigenvalue weighted by Gasteiger charge is -2.12. The fourth-order valence-electron chi connectivity index (χ4n) is 3.26. The van der Waals surface area contributed by atoms with E-state index in [0.29, 0.717) is 10.5 Å². The van der Waals surface area contributed by atoms with Crippen molar-refractivity contribution in [2.24, 2.45) is 7.05 Å². The van der Waals surface area contributed by atoms with Crippen LogP contribution in [0.15, 0.2) is 59.6 Å². The lowest BCUT2D eigenvalue weighted by Crippen LogP contribution is -2.27. The minimum absolute atomic E-state index is 0.111. The Morgan fingerprint density at radius 2 is 1.82 bits per heavy atom. The Bertz CT molecular complexity index is 1170. The molecule has 0 spiro atoms. The standard InChI is InChI=1S/C20H15N3O4S/c1-21-11-14(15-7-3-5-9-17(15)21)10-18-19(24)22(20(25)28-18)12-13-6-2-4-8-16(13)23(26)27/h2-11H,12H2,1H3/b18-10+. The van der Waals surface area contributed by atoms with Gasteiger partial charge < -0.3 is 4.57 Å². The van der Waals surface area contributed by atoms with Crippen molar-refractivity contribution in [1.82, 2.24) is 9.47 Å². The molecule has 0 N–H and O–H groups in total. The van der Waals surface area contributed by atoms with Crippen molar-refractivity contribution in [3.8, 4) is 0 Å². The number of benzene rings is 2. The third kappa shape index (κ3) is 3.07. The summed E-state index contributed by atoms with van der Waals surface area (Å²) < 4.78 is 1.96. The number of imide groups is 1. The van der Waals surface area contributed by atoms with Gasteiger partial charge in [-0.2, -0.15) is 0 Å². The highest BCUT2D eigenvalue weighted by atomic mass is 32.2. The Morgan fingerprint density at radius 1 is 1.11 bits per heavy atom. The maximum atomic E-state index is 12.8. The summed E-state index contributed by atoms with van der Waals surface area (Å²) in [7, 11) is 1.92. The molecule has 4 rings (SSSR count). The van der Waals surface area contributed by atoms with Crippen LogP contribution < -0.4 is 0 Å². The molecule has 28 heavy (non-hydrogen) atoms. The zero-order valence-corrected chi connectivity index (χ0v) is 15.7. The molecule has 1 saturated heterocycles. The molecule has 0 saturated carbocycles. The van der Waals surface area contributed by atoms with Gasteiger partial charge in [0, 0.05) is 41.3 Å². The van der Waals surface area contributed by atoms with Crippen LogP contribution in [0.1, 0.15) is 11.1 Å². The number of hydrogen-bond donors (Lipinski definition) is 0. The number of hydrogen-bond acceptors (Lipinski definition) is 5. The van der Waals surface area contributed by atoms with E-state index < -0.39 is 16.1 Å². The number of fused-ring (bicyclic) bond motifs is 1. The molecule has 140 valence electrons. The van der Waals surface area contributed by atoms with E-state index >= 15 is 0 Å². The third-order valence-corrected chi connectivity index (χ3v) is 5.51. The van der Waals surface area contributed by atoms with Gasteiger partial charge in [-0.15, -0.1) is 0 Å². The smallest absolute Gasteiger partial charge is 0.293 e. The SMILES string of the molecule is Cn1cc(/C=C2/SC(=O)N(Cc3ccccc3[N+](=O)[O-])C2=O)c2ccccc21. The first kappa shape index (κ1) is 18.0. The van der Waals surface area contributed by atoms with Gasteiger partial charge >= 0.3 is 0 Å². The molecule has 2 amide bonds. The minimum atomic E-state index is -0.514. The number of nitrogens with zero attached hydrogens (tertiary/aromatic N) is 3. The molecule has 7 nitrogen and oxygen atoms in total. The van der Waals surface area contributed by atoms with E-state index in [1.54, 1.807) is 24.3 Å². The number of carbonyl (C=O) groups is 2. The lowest BCUT2D eigenvalue weighted by molar-refractivity contribution is -0.385. The highest BCUT2D eigenvalue weighted by Gasteiger charge is 2.36. The predicted molar refractivity (Wildman–Crippen MR) is 108 cm³/mol. The number of nitro benzene ring substituents is 1. The molecule has 1 aliphatic heterocycles. The first-order valence-corrected chi connectivity index (χ1v) is 9.29. The van der Waals surface area contributed by atoms with Gasteiger partial charge in [-0.3, -0.25) is 24.6 Å². The second kappa shape index (κ2) is 6.97. The van der Waals surface area contributed by atoms with Gasteiger partial charge in [0.2, 0.25) is 0 Å². The predicted octanol–water partition coefficient (Wildman–Crippen LogP) is 4.32. The zero-order chi connectivity index (χ0) is 19.8. The molecule has 3 aromatic rings. The molecule has 0 atom stereocenters. The Hall–Kier alpha value is -3.39. The van der Waals surface area contributed by atoms with E-state index in [0.717, 1.165) is 33.1 Å². The molecule has 0 unspecified atom stereocenters. The van der Waals surface area contributed by atoms with Crippen LogP contribution in [0.5, 0.6) is 0 Å². The summed E-state index contributed by atoms with van der Waals surface area (Å²) >= 11 is 0.847. The summed E-state index contributed by atoms with van der Waals surface area (Å²) in [6.07, 6.45) is 3.60. The molecule has 1 aromatic heterocycles. The van der Waals surface area contributed by atoms with Crippen LogP contribution in [0.3, 0.4) is 0 Å². The van der Waals surface area contributed by atoms with Crippen LogP contribution in [0, 0.1) is 10.1 Å². The molecule has 2 heterocycles. The van der Waals surface area contributed by atoms with Crippen molar-refractivity contribution in [3.05, 3.63) is 80.9 Å². The van der Waals surface area contributed by atoms with Crippen LogP contribution in [0.4, 0.5) is 10.5 Å². The molecule has 0 aliphatic carbocycles. The summed E-state index contributed by atoms with van der Waals surface area (Å²) in [6.45, 7) is -0.130. The van der Waals surface area contributed by atoms with Crippen molar-refractivity contribution in [1.29, 1.82) is 0 Å². The van der Waals surface area contributed by atoms with Crippen molar-refractivity contribution in [3.63, 3.8) is 0 Å². The molecule has 1 aliphatic rings. The first-order chi connectivity index (χ1) is 13.5. The molecule has 2 aromatic carbocycles. The highest BCUT2D eigenvalue weighted by molar-refractivity contribution is 8.18. The fraction of sp³-hybridized carbons (Fsp3) is 0.100. The van der Waals surface area contributed by atoms with Gasteiger partial charge in [0.25, 0.3) is 16.8 Å². The molecular weight excluding hydrogens is 378 g/mol. The van der Waals surface area contributed by atoms with E-state index in [2.05, 4.69) is 0 Å². The van der Waals surface area contributed by atoms with Gasteiger partial charge in [0.15, 0.2) is 0 Å². The van der Waals surface area contributed by atoms with Crippen molar-refractivity contribution in [2.75, 3.05) is 0 Å².